The van der Waals surface area contributed by atoms with Crippen LogP contribution in [-0.4, -0.2) is 64.1 Å². The predicted octanol–water partition coefficient (Wildman–Crippen LogP) is 1.11. The highest BCUT2D eigenvalue weighted by Crippen LogP contribution is 2.86. The lowest BCUT2D eigenvalue weighted by Crippen LogP contribution is -2.76. The van der Waals surface area contributed by atoms with Gasteiger partial charge in [0.1, 0.15) is 36.6 Å². The Hall–Kier alpha value is -0.840. The number of rotatable bonds is 1. The normalized spacial score (nSPS) is 63.5. The zero-order valence-corrected chi connectivity index (χ0v) is 17.9. The molecule has 5 heterocycles. The van der Waals surface area contributed by atoms with Crippen molar-refractivity contribution < 1.29 is 36.3 Å². The highest BCUT2D eigenvalue weighted by Gasteiger charge is 3.05. The third-order valence-corrected chi connectivity index (χ3v) is 10.7. The molecular weight excluding hydrogens is 412 g/mol. The largest absolute Gasteiger partial charge is 0.458 e. The summed E-state index contributed by atoms with van der Waals surface area (Å²) >= 11 is -1.83. The third-order valence-electron chi connectivity index (χ3n) is 9.93. The average molecular weight is 436 g/mol. The Morgan fingerprint density at radius 2 is 1.97 bits per heavy atom. The van der Waals surface area contributed by atoms with Gasteiger partial charge in [0.05, 0.1) is 6.10 Å². The Morgan fingerprint density at radius 3 is 2.70 bits per heavy atom. The molecule has 0 bridgehead atoms. The van der Waals surface area contributed by atoms with Gasteiger partial charge in [-0.2, -0.15) is 4.21 Å². The molecule has 0 N–H and O–H groups in total. The fourth-order valence-corrected chi connectivity index (χ4v) is 9.53. The molecular formula is C21H24O8S. The lowest BCUT2D eigenvalue weighted by atomic mass is 9.44. The zero-order valence-electron chi connectivity index (χ0n) is 17.1. The Balaban J connectivity index is 1.34. The van der Waals surface area contributed by atoms with Crippen molar-refractivity contribution in [2.45, 2.75) is 80.7 Å². The van der Waals surface area contributed by atoms with Crippen molar-refractivity contribution in [2.24, 2.45) is 17.3 Å². The van der Waals surface area contributed by atoms with E-state index in [2.05, 4.69) is 20.8 Å². The molecule has 30 heavy (non-hydrogen) atoms. The summed E-state index contributed by atoms with van der Waals surface area (Å²) in [6.07, 6.45) is 1.97. The van der Waals surface area contributed by atoms with E-state index >= 15 is 0 Å². The van der Waals surface area contributed by atoms with Gasteiger partial charge in [-0.25, -0.2) is 4.79 Å². The van der Waals surface area contributed by atoms with Crippen molar-refractivity contribution in [2.75, 3.05) is 13.2 Å². The summed E-state index contributed by atoms with van der Waals surface area (Å²) < 4.78 is 49.2. The van der Waals surface area contributed by atoms with Crippen molar-refractivity contribution in [3.63, 3.8) is 0 Å². The smallest absolute Gasteiger partial charge is 0.334 e. The van der Waals surface area contributed by atoms with E-state index in [1.54, 1.807) is 0 Å². The van der Waals surface area contributed by atoms with Crippen LogP contribution in [0.25, 0.3) is 0 Å². The fourth-order valence-electron chi connectivity index (χ4n) is 8.69. The molecule has 0 unspecified atom stereocenters. The van der Waals surface area contributed by atoms with Gasteiger partial charge < -0.3 is 18.9 Å². The second kappa shape index (κ2) is 4.61. The minimum atomic E-state index is -1.83. The van der Waals surface area contributed by atoms with Gasteiger partial charge in [-0.15, -0.1) is 0 Å². The molecule has 3 aliphatic carbocycles. The highest BCUT2D eigenvalue weighted by molar-refractivity contribution is 7.75. The minimum Gasteiger partial charge on any atom is -0.458 e. The van der Waals surface area contributed by atoms with Crippen LogP contribution in [-0.2, 0) is 43.5 Å². The molecule has 8 aliphatic rings. The molecule has 6 fully saturated rings. The van der Waals surface area contributed by atoms with E-state index in [9.17, 15) is 9.00 Å². The summed E-state index contributed by atoms with van der Waals surface area (Å²) in [7, 11) is 0. The van der Waals surface area contributed by atoms with Gasteiger partial charge in [-0.3, -0.25) is 8.37 Å². The number of ether oxygens (including phenoxy) is 4. The number of hydrogen-bond acceptors (Lipinski definition) is 8. The molecule has 4 saturated heterocycles. The predicted molar refractivity (Wildman–Crippen MR) is 99.0 cm³/mol. The first kappa shape index (κ1) is 17.7. The number of esters is 1. The molecule has 8 nitrogen and oxygen atoms in total. The monoisotopic (exact) mass is 436 g/mol. The van der Waals surface area contributed by atoms with Gasteiger partial charge >= 0.3 is 17.3 Å². The number of carbonyl (C=O) groups is 1. The van der Waals surface area contributed by atoms with E-state index < -0.39 is 33.8 Å². The fraction of sp³-hybridized carbons (Fsp3) is 0.857. The molecule has 9 heteroatoms. The first-order valence-corrected chi connectivity index (χ1v) is 12.0. The molecule has 0 radical (unpaired) electrons. The van der Waals surface area contributed by atoms with E-state index in [-0.39, 0.29) is 48.1 Å². The van der Waals surface area contributed by atoms with Crippen LogP contribution in [0.15, 0.2) is 11.1 Å². The molecule has 0 amide bonds. The van der Waals surface area contributed by atoms with E-state index in [1.807, 2.05) is 0 Å². The lowest BCUT2D eigenvalue weighted by molar-refractivity contribution is -0.142. The van der Waals surface area contributed by atoms with E-state index in [4.69, 9.17) is 27.3 Å². The minimum absolute atomic E-state index is 0.0823. The van der Waals surface area contributed by atoms with E-state index in [0.29, 0.717) is 13.0 Å². The molecule has 10 atom stereocenters. The summed E-state index contributed by atoms with van der Waals surface area (Å²) in [5.41, 5.74) is -1.16. The second-order valence-electron chi connectivity index (χ2n) is 10.8. The molecule has 0 aromatic carbocycles. The summed E-state index contributed by atoms with van der Waals surface area (Å²) in [6, 6.07) is 0. The summed E-state index contributed by atoms with van der Waals surface area (Å²) in [6.45, 7) is 7.05. The topological polar surface area (TPSA) is 99.4 Å². The van der Waals surface area contributed by atoms with Crippen molar-refractivity contribution in [1.29, 1.82) is 0 Å². The van der Waals surface area contributed by atoms with Gasteiger partial charge in [0.25, 0.3) is 0 Å². The summed E-state index contributed by atoms with van der Waals surface area (Å²) in [4.78, 5) is 12.2. The van der Waals surface area contributed by atoms with Gasteiger partial charge in [-0.1, -0.05) is 20.8 Å². The summed E-state index contributed by atoms with van der Waals surface area (Å²) in [5, 5.41) is 0. The second-order valence-corrected chi connectivity index (χ2v) is 11.6. The van der Waals surface area contributed by atoms with Crippen molar-refractivity contribution in [3.8, 4) is 0 Å². The van der Waals surface area contributed by atoms with Gasteiger partial charge in [-0.05, 0) is 36.7 Å². The van der Waals surface area contributed by atoms with Crippen LogP contribution in [0, 0.1) is 17.3 Å². The maximum Gasteiger partial charge on any atom is 0.334 e. The zero-order chi connectivity index (χ0) is 20.5. The van der Waals surface area contributed by atoms with Crippen LogP contribution in [0.3, 0.4) is 0 Å². The number of epoxide rings is 3. The van der Waals surface area contributed by atoms with Crippen LogP contribution in [0.1, 0.15) is 40.0 Å². The SMILES string of the molecule is CC(C)[C@]12O[C@H]1[C@@H]1O[C@]13[C@]1(O[C@H]1C[C@H]1C4=C(CC[C@@]13C)C(=O)OC4)[C@]21CO[S@@](=O)O1. The quantitative estimate of drug-likeness (QED) is 0.445. The maximum absolute atomic E-state index is 12.4. The maximum atomic E-state index is 12.4. The Kier molecular flexibility index (Phi) is 2.71. The van der Waals surface area contributed by atoms with Crippen LogP contribution in [0.5, 0.6) is 0 Å². The van der Waals surface area contributed by atoms with Gasteiger partial charge in [0, 0.05) is 11.0 Å². The van der Waals surface area contributed by atoms with Gasteiger partial charge in [0.15, 0.2) is 11.2 Å². The Labute approximate surface area is 176 Å². The molecule has 0 aromatic heterocycles. The molecule has 0 aromatic rings. The third kappa shape index (κ3) is 1.38. The highest BCUT2D eigenvalue weighted by atomic mass is 32.2. The average Bonchev–Trinajstić information content (AvgIpc) is 3.61. The van der Waals surface area contributed by atoms with E-state index in [1.165, 1.54) is 0 Å². The van der Waals surface area contributed by atoms with Gasteiger partial charge in [0.2, 0.25) is 0 Å². The van der Waals surface area contributed by atoms with Crippen LogP contribution in [0.2, 0.25) is 0 Å². The number of cyclic esters (lactones) is 1. The molecule has 2 saturated carbocycles. The molecule has 3 spiro atoms. The summed E-state index contributed by atoms with van der Waals surface area (Å²) in [5.74, 6) is 0.127. The number of hydrogen-bond donors (Lipinski definition) is 0. The van der Waals surface area contributed by atoms with Crippen LogP contribution < -0.4 is 0 Å². The molecule has 162 valence electrons. The van der Waals surface area contributed by atoms with Crippen LogP contribution >= 0.6 is 0 Å². The number of fused-ring (bicyclic) bond motifs is 5. The molecule has 5 aliphatic heterocycles. The first-order chi connectivity index (χ1) is 14.3. The Bertz CT molecular complexity index is 1010. The van der Waals surface area contributed by atoms with Crippen molar-refractivity contribution in [3.05, 3.63) is 11.1 Å². The first-order valence-electron chi connectivity index (χ1n) is 11.0. The van der Waals surface area contributed by atoms with Crippen LogP contribution in [0.4, 0.5) is 0 Å². The van der Waals surface area contributed by atoms with E-state index in [0.717, 1.165) is 24.0 Å². The Morgan fingerprint density at radius 1 is 1.13 bits per heavy atom. The van der Waals surface area contributed by atoms with Crippen molar-refractivity contribution in [1.82, 2.24) is 0 Å². The lowest BCUT2D eigenvalue weighted by Gasteiger charge is -2.56. The van der Waals surface area contributed by atoms with Crippen molar-refractivity contribution >= 4 is 17.3 Å². The number of carbonyl (C=O) groups excluding carboxylic acids is 1. The molecule has 8 rings (SSSR count). The standard InChI is InChI=1S/C21H24O8S/c1-9(2)19-14(27-19)15-21(28-15)17(3)5-4-10-11(7-24-16(10)22)12(17)6-13-20(21,26-13)18(19)8-25-30(23)29-18/h9,12-15H,4-8H2,1-3H3/t12-,13-,14-,15-,17-,18-,19-,20+,21+,30+/m0/s1.